The van der Waals surface area contributed by atoms with Crippen molar-refractivity contribution in [1.82, 2.24) is 24.8 Å². The predicted molar refractivity (Wildman–Crippen MR) is 154 cm³/mol. The van der Waals surface area contributed by atoms with Gasteiger partial charge < -0.3 is 19.6 Å². The maximum atomic E-state index is 12.4. The van der Waals surface area contributed by atoms with Crippen LogP contribution in [0.25, 0.3) is 28.1 Å². The number of aryl methyl sites for hydroxylation is 1. The first kappa shape index (κ1) is 27.2. The van der Waals surface area contributed by atoms with E-state index in [-0.39, 0.29) is 6.09 Å². The highest BCUT2D eigenvalue weighted by Gasteiger charge is 2.24. The van der Waals surface area contributed by atoms with Crippen molar-refractivity contribution in [3.8, 4) is 16.9 Å². The number of nitrogens with zero attached hydrogens (tertiary/aromatic N) is 5. The zero-order valence-electron chi connectivity index (χ0n) is 23.4. The smallest absolute Gasteiger partial charge is 0.410 e. The van der Waals surface area contributed by atoms with Gasteiger partial charge >= 0.3 is 12.2 Å². The number of amides is 2. The fourth-order valence-electron chi connectivity index (χ4n) is 5.04. The van der Waals surface area contributed by atoms with Crippen LogP contribution in [0.5, 0.6) is 0 Å². The standard InChI is InChI=1S/C31H35N5O4/c1-21-19-25(7-10-27(21)24-13-17-35(18-14-24)30(39)40-31(2,3)4)28-20-36(33-32-28)26-8-5-22(6-9-26)23-11-15-34(16-12-23)29(37)38/h5-11,13,19-20H,12,14-18H2,1-4H3,(H,37,38). The number of carbonyl (C=O) groups is 2. The van der Waals surface area contributed by atoms with Gasteiger partial charge in [0.2, 0.25) is 0 Å². The summed E-state index contributed by atoms with van der Waals surface area (Å²) in [4.78, 5) is 26.7. The molecule has 2 aromatic carbocycles. The summed E-state index contributed by atoms with van der Waals surface area (Å²) >= 11 is 0. The Kier molecular flexibility index (Phi) is 7.47. The van der Waals surface area contributed by atoms with E-state index < -0.39 is 11.7 Å². The number of carbonyl (C=O) groups excluding carboxylic acids is 1. The first-order chi connectivity index (χ1) is 19.1. The van der Waals surface area contributed by atoms with Crippen LogP contribution in [0.4, 0.5) is 9.59 Å². The van der Waals surface area contributed by atoms with Gasteiger partial charge in [0, 0.05) is 31.7 Å². The molecule has 0 saturated heterocycles. The molecule has 0 spiro atoms. The van der Waals surface area contributed by atoms with Gasteiger partial charge in [0.15, 0.2) is 0 Å². The average Bonchev–Trinajstić information content (AvgIpc) is 3.43. The van der Waals surface area contributed by atoms with Crippen molar-refractivity contribution in [1.29, 1.82) is 0 Å². The SMILES string of the molecule is Cc1cc(-c2cn(-c3ccc(C4=CCN(C(=O)O)CC4)cc3)nn2)ccc1C1=CCN(C(=O)OC(C)(C)C)CC1. The third-order valence-electron chi connectivity index (χ3n) is 7.20. The van der Waals surface area contributed by atoms with Crippen molar-refractivity contribution < 1.29 is 19.4 Å². The van der Waals surface area contributed by atoms with E-state index in [2.05, 4.69) is 41.5 Å². The quantitative estimate of drug-likeness (QED) is 0.433. The van der Waals surface area contributed by atoms with Crippen LogP contribution in [-0.2, 0) is 4.74 Å². The number of hydrogen-bond acceptors (Lipinski definition) is 5. The Labute approximate surface area is 234 Å². The summed E-state index contributed by atoms with van der Waals surface area (Å²) in [6, 6.07) is 14.4. The molecule has 1 N–H and O–H groups in total. The van der Waals surface area contributed by atoms with Crippen LogP contribution in [0, 0.1) is 6.92 Å². The van der Waals surface area contributed by atoms with Crippen LogP contribution < -0.4 is 0 Å². The van der Waals surface area contributed by atoms with Crippen LogP contribution in [-0.4, -0.2) is 73.9 Å². The minimum atomic E-state index is -0.879. The maximum Gasteiger partial charge on any atom is 0.410 e. The number of hydrogen-bond donors (Lipinski definition) is 1. The van der Waals surface area contributed by atoms with E-state index in [1.807, 2.05) is 57.3 Å². The summed E-state index contributed by atoms with van der Waals surface area (Å²) in [5.74, 6) is 0. The molecule has 0 unspecified atom stereocenters. The van der Waals surface area contributed by atoms with Gasteiger partial charge in [0.05, 0.1) is 11.9 Å². The molecule has 0 atom stereocenters. The van der Waals surface area contributed by atoms with Crippen LogP contribution in [0.1, 0.15) is 50.3 Å². The molecule has 2 aliphatic heterocycles. The number of carboxylic acid groups (broad SMARTS) is 1. The molecule has 0 radical (unpaired) electrons. The van der Waals surface area contributed by atoms with Crippen molar-refractivity contribution in [3.63, 3.8) is 0 Å². The molecule has 5 rings (SSSR count). The first-order valence-corrected chi connectivity index (χ1v) is 13.6. The maximum absolute atomic E-state index is 12.4. The van der Waals surface area contributed by atoms with E-state index in [9.17, 15) is 9.59 Å². The lowest BCUT2D eigenvalue weighted by Crippen LogP contribution is -2.39. The highest BCUT2D eigenvalue weighted by atomic mass is 16.6. The summed E-state index contributed by atoms with van der Waals surface area (Å²) in [7, 11) is 0. The Bertz CT molecular complexity index is 1480. The Hall–Kier alpha value is -4.40. The second-order valence-corrected chi connectivity index (χ2v) is 11.2. The first-order valence-electron chi connectivity index (χ1n) is 13.6. The van der Waals surface area contributed by atoms with E-state index >= 15 is 0 Å². The fraction of sp³-hybridized carbons (Fsp3) is 0.355. The molecule has 208 valence electrons. The highest BCUT2D eigenvalue weighted by Crippen LogP contribution is 2.30. The molecule has 0 aliphatic carbocycles. The molecule has 0 saturated carbocycles. The van der Waals surface area contributed by atoms with Gasteiger partial charge in [-0.3, -0.25) is 0 Å². The third-order valence-corrected chi connectivity index (χ3v) is 7.20. The lowest BCUT2D eigenvalue weighted by molar-refractivity contribution is 0.0270. The molecule has 9 nitrogen and oxygen atoms in total. The molecule has 2 aliphatic rings. The third kappa shape index (κ3) is 6.09. The molecule has 3 aromatic rings. The summed E-state index contributed by atoms with van der Waals surface area (Å²) in [5, 5.41) is 17.9. The fourth-order valence-corrected chi connectivity index (χ4v) is 5.04. The van der Waals surface area contributed by atoms with Gasteiger partial charge in [-0.1, -0.05) is 41.6 Å². The molecule has 9 heteroatoms. The van der Waals surface area contributed by atoms with Crippen molar-refractivity contribution in [2.75, 3.05) is 26.2 Å². The highest BCUT2D eigenvalue weighted by molar-refractivity contribution is 5.76. The lowest BCUT2D eigenvalue weighted by atomic mass is 9.94. The summed E-state index contributed by atoms with van der Waals surface area (Å²) in [6.07, 6.45) is 6.34. The summed E-state index contributed by atoms with van der Waals surface area (Å²) < 4.78 is 7.27. The number of benzene rings is 2. The van der Waals surface area contributed by atoms with E-state index in [4.69, 9.17) is 9.84 Å². The van der Waals surface area contributed by atoms with E-state index in [1.165, 1.54) is 16.0 Å². The number of aromatic nitrogens is 3. The van der Waals surface area contributed by atoms with E-state index in [0.29, 0.717) is 32.6 Å². The minimum Gasteiger partial charge on any atom is -0.465 e. The molecule has 3 heterocycles. The van der Waals surface area contributed by atoms with Crippen molar-refractivity contribution in [3.05, 3.63) is 77.5 Å². The van der Waals surface area contributed by atoms with Crippen LogP contribution >= 0.6 is 0 Å². The molecule has 0 bridgehead atoms. The topological polar surface area (TPSA) is 101 Å². The zero-order valence-corrected chi connectivity index (χ0v) is 23.4. The molecule has 2 amide bonds. The Morgan fingerprint density at radius 2 is 1.55 bits per heavy atom. The Morgan fingerprint density at radius 1 is 0.900 bits per heavy atom. The van der Waals surface area contributed by atoms with Gasteiger partial charge in [-0.15, -0.1) is 5.10 Å². The van der Waals surface area contributed by atoms with Gasteiger partial charge in [-0.2, -0.15) is 0 Å². The summed E-state index contributed by atoms with van der Waals surface area (Å²) in [6.45, 7) is 9.83. The molecule has 1 aromatic heterocycles. The van der Waals surface area contributed by atoms with Gasteiger partial charge in [-0.25, -0.2) is 14.3 Å². The minimum absolute atomic E-state index is 0.272. The zero-order chi connectivity index (χ0) is 28.4. The largest absolute Gasteiger partial charge is 0.465 e. The molecule has 0 fully saturated rings. The van der Waals surface area contributed by atoms with Gasteiger partial charge in [0.25, 0.3) is 0 Å². The summed E-state index contributed by atoms with van der Waals surface area (Å²) in [5.41, 5.74) is 7.99. The van der Waals surface area contributed by atoms with E-state index in [0.717, 1.165) is 40.1 Å². The molecular weight excluding hydrogens is 506 g/mol. The Morgan fingerprint density at radius 3 is 2.15 bits per heavy atom. The lowest BCUT2D eigenvalue weighted by Gasteiger charge is -2.30. The van der Waals surface area contributed by atoms with Crippen LogP contribution in [0.2, 0.25) is 0 Å². The van der Waals surface area contributed by atoms with Crippen molar-refractivity contribution in [2.45, 2.75) is 46.1 Å². The normalized spacial score (nSPS) is 15.9. The number of rotatable bonds is 4. The van der Waals surface area contributed by atoms with E-state index in [1.54, 1.807) is 9.58 Å². The van der Waals surface area contributed by atoms with Crippen LogP contribution in [0.15, 0.2) is 60.8 Å². The average molecular weight is 542 g/mol. The van der Waals surface area contributed by atoms with Gasteiger partial charge in [-0.05, 0) is 86.6 Å². The van der Waals surface area contributed by atoms with Gasteiger partial charge in [0.1, 0.15) is 11.3 Å². The van der Waals surface area contributed by atoms with Crippen molar-refractivity contribution >= 4 is 23.3 Å². The Balaban J connectivity index is 1.25. The number of ether oxygens (including phenoxy) is 1. The van der Waals surface area contributed by atoms with Crippen molar-refractivity contribution in [2.24, 2.45) is 0 Å². The second-order valence-electron chi connectivity index (χ2n) is 11.2. The monoisotopic (exact) mass is 541 g/mol. The predicted octanol–water partition coefficient (Wildman–Crippen LogP) is 6.03. The molecular formula is C31H35N5O4. The molecule has 40 heavy (non-hydrogen) atoms. The second kappa shape index (κ2) is 11.0. The van der Waals surface area contributed by atoms with Crippen LogP contribution in [0.3, 0.4) is 0 Å².